The van der Waals surface area contributed by atoms with Crippen molar-refractivity contribution in [3.8, 4) is 5.75 Å². The fraction of sp³-hybridized carbons (Fsp3) is 0.480. The third-order valence-corrected chi connectivity index (χ3v) is 5.73. The summed E-state index contributed by atoms with van der Waals surface area (Å²) in [5.41, 5.74) is 6.03. The van der Waals surface area contributed by atoms with Crippen LogP contribution < -0.4 is 9.64 Å². The number of rotatable bonds is 8. The number of Topliss-reactive ketones (excluding diaryl/α,β-unsaturated/α-hetero) is 1. The average molecular weight is 411 g/mol. The number of benzene rings is 2. The number of hydrogen-bond donors (Lipinski definition) is 1. The fourth-order valence-corrected chi connectivity index (χ4v) is 4.31. The molecule has 1 N–H and O–H groups in total. The second-order valence-corrected chi connectivity index (χ2v) is 8.30. The highest BCUT2D eigenvalue weighted by Crippen LogP contribution is 2.27. The molecule has 1 atom stereocenters. The molecule has 1 fully saturated rings. The second-order valence-electron chi connectivity index (χ2n) is 8.30. The minimum atomic E-state index is -0.545. The number of piperazine rings is 1. The van der Waals surface area contributed by atoms with Crippen LogP contribution in [0.15, 0.2) is 36.4 Å². The molecule has 3 rings (SSSR count). The summed E-state index contributed by atoms with van der Waals surface area (Å²) >= 11 is 0. The first-order chi connectivity index (χ1) is 14.4. The minimum absolute atomic E-state index is 0.122. The van der Waals surface area contributed by atoms with Crippen LogP contribution in [-0.4, -0.2) is 61.2 Å². The van der Waals surface area contributed by atoms with Crippen molar-refractivity contribution in [2.75, 3.05) is 44.2 Å². The number of β-amino-alcohol motifs (C(OH)–C–C–N with tert-alkyl or cyclic N) is 1. The highest BCUT2D eigenvalue weighted by Gasteiger charge is 2.21. The molecule has 2 aromatic rings. The van der Waals surface area contributed by atoms with Crippen LogP contribution in [0.25, 0.3) is 0 Å². The summed E-state index contributed by atoms with van der Waals surface area (Å²) in [6.45, 7) is 13.0. The van der Waals surface area contributed by atoms with E-state index >= 15 is 0 Å². The van der Waals surface area contributed by atoms with Crippen LogP contribution in [0.3, 0.4) is 0 Å². The van der Waals surface area contributed by atoms with E-state index < -0.39 is 6.10 Å². The number of carbonyl (C=O) groups excluding carboxylic acids is 1. The molecular weight excluding hydrogens is 376 g/mol. The Hall–Kier alpha value is -2.37. The van der Waals surface area contributed by atoms with Crippen LogP contribution in [0.4, 0.5) is 5.69 Å². The number of hydrogen-bond acceptors (Lipinski definition) is 5. The number of carbonyl (C=O) groups is 1. The summed E-state index contributed by atoms with van der Waals surface area (Å²) < 4.78 is 5.71. The van der Waals surface area contributed by atoms with Gasteiger partial charge in [-0.3, -0.25) is 9.69 Å². The maximum atomic E-state index is 11.7. The molecule has 0 amide bonds. The molecule has 2 aromatic carbocycles. The highest BCUT2D eigenvalue weighted by molar-refractivity contribution is 5.95. The van der Waals surface area contributed by atoms with Crippen LogP contribution in [0.1, 0.15) is 40.4 Å². The number of anilines is 1. The van der Waals surface area contributed by atoms with Crippen molar-refractivity contribution in [3.05, 3.63) is 58.7 Å². The van der Waals surface area contributed by atoms with Gasteiger partial charge in [0.15, 0.2) is 5.78 Å². The Labute approximate surface area is 180 Å². The molecule has 0 aliphatic carbocycles. The van der Waals surface area contributed by atoms with Crippen LogP contribution in [0, 0.1) is 20.8 Å². The molecule has 0 spiro atoms. The van der Waals surface area contributed by atoms with Crippen LogP contribution in [-0.2, 0) is 0 Å². The molecule has 0 saturated carbocycles. The summed E-state index contributed by atoms with van der Waals surface area (Å²) in [5, 5.41) is 10.4. The fourth-order valence-electron chi connectivity index (χ4n) is 4.31. The summed E-state index contributed by atoms with van der Waals surface area (Å²) in [4.78, 5) is 16.4. The van der Waals surface area contributed by atoms with E-state index in [2.05, 4.69) is 42.7 Å². The Bertz CT molecular complexity index is 832. The zero-order chi connectivity index (χ0) is 21.7. The highest BCUT2D eigenvalue weighted by atomic mass is 16.5. The lowest BCUT2D eigenvalue weighted by atomic mass is 10.0. The normalized spacial score (nSPS) is 15.8. The molecule has 0 bridgehead atoms. The predicted octanol–water partition coefficient (Wildman–Crippen LogP) is 3.77. The topological polar surface area (TPSA) is 53.0 Å². The third-order valence-electron chi connectivity index (χ3n) is 5.73. The lowest BCUT2D eigenvalue weighted by molar-refractivity contribution is 0.0662. The van der Waals surface area contributed by atoms with E-state index in [0.29, 0.717) is 24.3 Å². The third kappa shape index (κ3) is 5.61. The summed E-state index contributed by atoms with van der Waals surface area (Å²) in [6, 6.07) is 11.6. The lowest BCUT2D eigenvalue weighted by Crippen LogP contribution is -2.49. The first-order valence-electron chi connectivity index (χ1n) is 10.9. The lowest BCUT2D eigenvalue weighted by Gasteiger charge is -2.38. The first-order valence-corrected chi connectivity index (χ1v) is 10.9. The predicted molar refractivity (Wildman–Crippen MR) is 122 cm³/mol. The van der Waals surface area contributed by atoms with Crippen molar-refractivity contribution in [3.63, 3.8) is 0 Å². The standard InChI is InChI=1S/C25H34N2O3/c1-5-24(29)21-6-8-23(9-7-21)30-17-22(28)16-26-10-12-27(13-11-26)25-19(3)14-18(2)15-20(25)4/h6-9,14-15,22,28H,5,10-13,16-17H2,1-4H3/t22-/m1/s1. The smallest absolute Gasteiger partial charge is 0.162 e. The SMILES string of the molecule is CCC(=O)c1ccc(OC[C@H](O)CN2CCN(c3c(C)cc(C)cc3C)CC2)cc1. The summed E-state index contributed by atoms with van der Waals surface area (Å²) in [6.07, 6.45) is -0.0498. The number of aliphatic hydroxyl groups is 1. The van der Waals surface area contributed by atoms with Crippen molar-refractivity contribution < 1.29 is 14.6 Å². The van der Waals surface area contributed by atoms with Gasteiger partial charge in [-0.25, -0.2) is 0 Å². The van der Waals surface area contributed by atoms with Crippen molar-refractivity contribution in [1.82, 2.24) is 4.90 Å². The van der Waals surface area contributed by atoms with Gasteiger partial charge in [-0.1, -0.05) is 24.6 Å². The Balaban J connectivity index is 1.45. The van der Waals surface area contributed by atoms with E-state index in [1.54, 1.807) is 24.3 Å². The molecule has 1 aliphatic heterocycles. The molecule has 162 valence electrons. The summed E-state index contributed by atoms with van der Waals surface area (Å²) in [7, 11) is 0. The number of ether oxygens (including phenoxy) is 1. The number of ketones is 1. The van der Waals surface area contributed by atoms with Gasteiger partial charge in [-0.2, -0.15) is 0 Å². The number of aliphatic hydroxyl groups excluding tert-OH is 1. The van der Waals surface area contributed by atoms with Crippen molar-refractivity contribution in [2.24, 2.45) is 0 Å². The first kappa shape index (κ1) is 22.3. The number of aryl methyl sites for hydroxylation is 3. The molecule has 1 saturated heterocycles. The Morgan fingerprint density at radius 3 is 2.20 bits per heavy atom. The average Bonchev–Trinajstić information content (AvgIpc) is 2.72. The van der Waals surface area contributed by atoms with E-state index in [0.717, 1.165) is 26.2 Å². The van der Waals surface area contributed by atoms with Gasteiger partial charge < -0.3 is 14.7 Å². The van der Waals surface area contributed by atoms with Gasteiger partial charge in [0, 0.05) is 50.4 Å². The Kier molecular flexibility index (Phi) is 7.51. The molecule has 0 radical (unpaired) electrons. The van der Waals surface area contributed by atoms with E-state index in [9.17, 15) is 9.90 Å². The molecule has 1 heterocycles. The quantitative estimate of drug-likeness (QED) is 0.672. The van der Waals surface area contributed by atoms with Crippen molar-refractivity contribution in [1.29, 1.82) is 0 Å². The van der Waals surface area contributed by atoms with Crippen LogP contribution >= 0.6 is 0 Å². The summed E-state index contributed by atoms with van der Waals surface area (Å²) in [5.74, 6) is 0.800. The van der Waals surface area contributed by atoms with Crippen molar-refractivity contribution in [2.45, 2.75) is 40.2 Å². The molecule has 1 aliphatic rings. The van der Waals surface area contributed by atoms with Gasteiger partial charge >= 0.3 is 0 Å². The largest absolute Gasteiger partial charge is 0.491 e. The number of nitrogens with zero attached hydrogens (tertiary/aromatic N) is 2. The van der Waals surface area contributed by atoms with Gasteiger partial charge in [-0.05, 0) is 56.2 Å². The second kappa shape index (κ2) is 10.1. The maximum Gasteiger partial charge on any atom is 0.162 e. The zero-order valence-electron chi connectivity index (χ0n) is 18.6. The van der Waals surface area contributed by atoms with Crippen LogP contribution in [0.5, 0.6) is 5.75 Å². The monoisotopic (exact) mass is 410 g/mol. The Morgan fingerprint density at radius 1 is 1.03 bits per heavy atom. The Morgan fingerprint density at radius 2 is 1.63 bits per heavy atom. The van der Waals surface area contributed by atoms with E-state index in [-0.39, 0.29) is 12.4 Å². The van der Waals surface area contributed by atoms with Gasteiger partial charge in [0.25, 0.3) is 0 Å². The van der Waals surface area contributed by atoms with Gasteiger partial charge in [0.05, 0.1) is 0 Å². The molecule has 0 unspecified atom stereocenters. The van der Waals surface area contributed by atoms with Crippen LogP contribution in [0.2, 0.25) is 0 Å². The molecule has 5 nitrogen and oxygen atoms in total. The molecule has 0 aromatic heterocycles. The molecular formula is C25H34N2O3. The molecule has 30 heavy (non-hydrogen) atoms. The van der Waals surface area contributed by atoms with E-state index in [4.69, 9.17) is 4.74 Å². The van der Waals surface area contributed by atoms with E-state index in [1.165, 1.54) is 22.4 Å². The minimum Gasteiger partial charge on any atom is -0.491 e. The van der Waals surface area contributed by atoms with Gasteiger partial charge in [0.1, 0.15) is 18.5 Å². The van der Waals surface area contributed by atoms with Gasteiger partial charge in [0.2, 0.25) is 0 Å². The zero-order valence-corrected chi connectivity index (χ0v) is 18.6. The molecule has 5 heteroatoms. The van der Waals surface area contributed by atoms with Gasteiger partial charge in [-0.15, -0.1) is 0 Å². The van der Waals surface area contributed by atoms with Crippen molar-refractivity contribution >= 4 is 11.5 Å². The maximum absolute atomic E-state index is 11.7. The van der Waals surface area contributed by atoms with E-state index in [1.807, 2.05) is 6.92 Å².